The van der Waals surface area contributed by atoms with E-state index in [0.717, 1.165) is 0 Å². The highest BCUT2D eigenvalue weighted by Crippen LogP contribution is 2.21. The largest absolute Gasteiger partial charge is 0.466 e. The number of hydrogen-bond acceptors (Lipinski definition) is 6. The Labute approximate surface area is 145 Å². The first-order valence-corrected chi connectivity index (χ1v) is 8.04. The lowest BCUT2D eigenvalue weighted by atomic mass is 10.0. The van der Waals surface area contributed by atoms with E-state index in [1.165, 1.54) is 24.3 Å². The van der Waals surface area contributed by atoms with Crippen LogP contribution in [0.3, 0.4) is 0 Å². The lowest BCUT2D eigenvalue weighted by Crippen LogP contribution is -2.47. The van der Waals surface area contributed by atoms with Gasteiger partial charge in [-0.3, -0.25) is 14.9 Å². The Kier molecular flexibility index (Phi) is 6.70. The Morgan fingerprint density at radius 3 is 2.52 bits per heavy atom. The fourth-order valence-corrected chi connectivity index (χ4v) is 2.47. The van der Waals surface area contributed by atoms with Gasteiger partial charge < -0.3 is 19.7 Å². The number of nitro benzene ring substituents is 1. The second kappa shape index (κ2) is 8.97. The molecule has 1 saturated heterocycles. The molecule has 2 amide bonds. The Morgan fingerprint density at radius 1 is 1.32 bits per heavy atom. The molecule has 0 bridgehead atoms. The van der Waals surface area contributed by atoms with Crippen LogP contribution in [0.15, 0.2) is 24.3 Å². The molecule has 1 aliphatic heterocycles. The van der Waals surface area contributed by atoms with Crippen LogP contribution in [0.2, 0.25) is 0 Å². The fourth-order valence-electron chi connectivity index (χ4n) is 2.47. The maximum absolute atomic E-state index is 12.4. The Hall–Kier alpha value is -2.68. The van der Waals surface area contributed by atoms with Gasteiger partial charge in [-0.2, -0.15) is 0 Å². The summed E-state index contributed by atoms with van der Waals surface area (Å²) in [5.41, 5.74) is 0.540. The average molecular weight is 351 g/mol. The van der Waals surface area contributed by atoms with Crippen LogP contribution < -0.4 is 5.32 Å². The second-order valence-electron chi connectivity index (χ2n) is 5.46. The number of benzene rings is 1. The molecule has 0 aliphatic carbocycles. The molecule has 0 aromatic heterocycles. The molecule has 25 heavy (non-hydrogen) atoms. The summed E-state index contributed by atoms with van der Waals surface area (Å²) in [6.07, 6.45) is -0.0538. The molecule has 1 unspecified atom stereocenters. The molecule has 1 aromatic carbocycles. The summed E-state index contributed by atoms with van der Waals surface area (Å²) in [7, 11) is 0. The van der Waals surface area contributed by atoms with Gasteiger partial charge in [0.1, 0.15) is 0 Å². The van der Waals surface area contributed by atoms with Crippen molar-refractivity contribution in [1.29, 1.82) is 0 Å². The van der Waals surface area contributed by atoms with E-state index in [-0.39, 0.29) is 24.7 Å². The predicted molar refractivity (Wildman–Crippen MR) is 88.0 cm³/mol. The normalized spacial score (nSPS) is 15.3. The molecule has 9 heteroatoms. The smallest absolute Gasteiger partial charge is 0.318 e. The van der Waals surface area contributed by atoms with E-state index >= 15 is 0 Å². The third kappa shape index (κ3) is 5.42. The molecule has 1 N–H and O–H groups in total. The van der Waals surface area contributed by atoms with Crippen molar-refractivity contribution in [2.45, 2.75) is 19.4 Å². The summed E-state index contributed by atoms with van der Waals surface area (Å²) in [6, 6.07) is 4.80. The number of urea groups is 1. The van der Waals surface area contributed by atoms with Crippen LogP contribution in [0.1, 0.15) is 24.9 Å². The number of rotatable bonds is 6. The lowest BCUT2D eigenvalue weighted by molar-refractivity contribution is -0.384. The van der Waals surface area contributed by atoms with Gasteiger partial charge in [0.05, 0.1) is 37.2 Å². The van der Waals surface area contributed by atoms with Crippen LogP contribution in [0, 0.1) is 10.1 Å². The molecule has 1 atom stereocenters. The minimum Gasteiger partial charge on any atom is -0.466 e. The van der Waals surface area contributed by atoms with Crippen LogP contribution in [0.25, 0.3) is 0 Å². The molecule has 0 saturated carbocycles. The molecule has 136 valence electrons. The quantitative estimate of drug-likeness (QED) is 0.474. The SMILES string of the molecule is CCOC(=O)CC(NC(=O)N1CCOCC1)c1ccc([N+](=O)[O-])cc1. The molecular weight excluding hydrogens is 330 g/mol. The van der Waals surface area contributed by atoms with Gasteiger partial charge in [0.15, 0.2) is 0 Å². The number of carbonyl (C=O) groups excluding carboxylic acids is 2. The van der Waals surface area contributed by atoms with Gasteiger partial charge in [-0.05, 0) is 12.5 Å². The van der Waals surface area contributed by atoms with Gasteiger partial charge in [-0.15, -0.1) is 0 Å². The van der Waals surface area contributed by atoms with Crippen molar-refractivity contribution < 1.29 is 24.0 Å². The first-order valence-electron chi connectivity index (χ1n) is 8.04. The van der Waals surface area contributed by atoms with E-state index in [1.807, 2.05) is 0 Å². The minimum atomic E-state index is -0.629. The number of carbonyl (C=O) groups is 2. The van der Waals surface area contributed by atoms with Crippen molar-refractivity contribution >= 4 is 17.7 Å². The van der Waals surface area contributed by atoms with E-state index in [0.29, 0.717) is 31.9 Å². The number of non-ortho nitro benzene ring substituents is 1. The van der Waals surface area contributed by atoms with Crippen LogP contribution in [0.5, 0.6) is 0 Å². The summed E-state index contributed by atoms with van der Waals surface area (Å²) < 4.78 is 10.2. The summed E-state index contributed by atoms with van der Waals surface area (Å²) in [5, 5.41) is 13.6. The van der Waals surface area contributed by atoms with Gasteiger partial charge in [0, 0.05) is 25.2 Å². The van der Waals surface area contributed by atoms with Crippen molar-refractivity contribution in [3.8, 4) is 0 Å². The average Bonchev–Trinajstić information content (AvgIpc) is 2.62. The first-order chi connectivity index (χ1) is 12.0. The first kappa shape index (κ1) is 18.7. The van der Waals surface area contributed by atoms with E-state index in [1.54, 1.807) is 11.8 Å². The van der Waals surface area contributed by atoms with E-state index in [2.05, 4.69) is 5.32 Å². The second-order valence-corrected chi connectivity index (χ2v) is 5.46. The number of ether oxygens (including phenoxy) is 2. The van der Waals surface area contributed by atoms with E-state index < -0.39 is 16.9 Å². The number of hydrogen-bond donors (Lipinski definition) is 1. The molecule has 1 fully saturated rings. The summed E-state index contributed by atoms with van der Waals surface area (Å²) in [4.78, 5) is 36.1. The molecule has 0 radical (unpaired) electrons. The van der Waals surface area contributed by atoms with E-state index in [4.69, 9.17) is 9.47 Å². The maximum atomic E-state index is 12.4. The Bertz CT molecular complexity index is 613. The van der Waals surface area contributed by atoms with Crippen molar-refractivity contribution in [1.82, 2.24) is 10.2 Å². The number of nitro groups is 1. The molecular formula is C16H21N3O6. The highest BCUT2D eigenvalue weighted by Gasteiger charge is 2.24. The lowest BCUT2D eigenvalue weighted by Gasteiger charge is -2.29. The zero-order valence-electron chi connectivity index (χ0n) is 14.0. The van der Waals surface area contributed by atoms with Crippen molar-refractivity contribution in [2.24, 2.45) is 0 Å². The summed E-state index contributed by atoms with van der Waals surface area (Å²) in [6.45, 7) is 3.81. The molecule has 2 rings (SSSR count). The maximum Gasteiger partial charge on any atom is 0.318 e. The highest BCUT2D eigenvalue weighted by molar-refractivity contribution is 5.77. The van der Waals surface area contributed by atoms with Crippen molar-refractivity contribution in [2.75, 3.05) is 32.9 Å². The van der Waals surface area contributed by atoms with E-state index in [9.17, 15) is 19.7 Å². The zero-order valence-corrected chi connectivity index (χ0v) is 14.0. The standard InChI is InChI=1S/C16H21N3O6/c1-2-25-15(20)11-14(12-3-5-13(6-4-12)19(22)23)17-16(21)18-7-9-24-10-8-18/h3-6,14H,2,7-11H2,1H3,(H,17,21). The molecule has 1 heterocycles. The van der Waals surface area contributed by atoms with Gasteiger partial charge in [0.2, 0.25) is 0 Å². The fraction of sp³-hybridized carbons (Fsp3) is 0.500. The topological polar surface area (TPSA) is 111 Å². The third-order valence-electron chi connectivity index (χ3n) is 3.78. The molecule has 1 aromatic rings. The number of nitrogens with zero attached hydrogens (tertiary/aromatic N) is 2. The molecule has 9 nitrogen and oxygen atoms in total. The monoisotopic (exact) mass is 351 g/mol. The molecule has 1 aliphatic rings. The van der Waals surface area contributed by atoms with Crippen LogP contribution in [-0.2, 0) is 14.3 Å². The number of nitrogens with one attached hydrogen (secondary N) is 1. The number of amides is 2. The highest BCUT2D eigenvalue weighted by atomic mass is 16.6. The van der Waals surface area contributed by atoms with Gasteiger partial charge in [-0.25, -0.2) is 4.79 Å². The third-order valence-corrected chi connectivity index (χ3v) is 3.78. The minimum absolute atomic E-state index is 0.0538. The van der Waals surface area contributed by atoms with Crippen LogP contribution in [-0.4, -0.2) is 54.7 Å². The predicted octanol–water partition coefficient (Wildman–Crippen LogP) is 1.63. The van der Waals surface area contributed by atoms with Crippen molar-refractivity contribution in [3.05, 3.63) is 39.9 Å². The Morgan fingerprint density at radius 2 is 1.96 bits per heavy atom. The number of esters is 1. The molecule has 0 spiro atoms. The van der Waals surface area contributed by atoms with Gasteiger partial charge in [0.25, 0.3) is 5.69 Å². The van der Waals surface area contributed by atoms with Gasteiger partial charge in [-0.1, -0.05) is 12.1 Å². The van der Waals surface area contributed by atoms with Crippen molar-refractivity contribution in [3.63, 3.8) is 0 Å². The number of morpholine rings is 1. The van der Waals surface area contributed by atoms with Crippen LogP contribution in [0.4, 0.5) is 10.5 Å². The Balaban J connectivity index is 2.12. The summed E-state index contributed by atoms with van der Waals surface area (Å²) >= 11 is 0. The van der Waals surface area contributed by atoms with Crippen LogP contribution >= 0.6 is 0 Å². The summed E-state index contributed by atoms with van der Waals surface area (Å²) in [5.74, 6) is -0.451. The van der Waals surface area contributed by atoms with Gasteiger partial charge >= 0.3 is 12.0 Å². The zero-order chi connectivity index (χ0) is 18.2.